The lowest BCUT2D eigenvalue weighted by atomic mass is 10.1. The maximum Gasteiger partial charge on any atom is 0.389 e. The number of sulfone groups is 1. The molecule has 0 aliphatic rings. The van der Waals surface area contributed by atoms with Crippen LogP contribution in [-0.4, -0.2) is 43.0 Å². The van der Waals surface area contributed by atoms with Crippen LogP contribution in [0.4, 0.5) is 18.0 Å². The minimum atomic E-state index is -4.19. The molecule has 0 saturated heterocycles. The van der Waals surface area contributed by atoms with Crippen molar-refractivity contribution in [2.24, 2.45) is 0 Å². The summed E-state index contributed by atoms with van der Waals surface area (Å²) >= 11 is 0. The van der Waals surface area contributed by atoms with Gasteiger partial charge >= 0.3 is 12.2 Å². The zero-order valence-corrected chi connectivity index (χ0v) is 19.2. The molecule has 1 amide bonds. The molecule has 0 spiro atoms. The molecule has 0 fully saturated rings. The second-order valence-corrected chi connectivity index (χ2v) is 9.72. The first-order valence-electron chi connectivity index (χ1n) is 10.4. The number of ether oxygens (including phenoxy) is 1. The van der Waals surface area contributed by atoms with E-state index < -0.39 is 28.5 Å². The van der Waals surface area contributed by atoms with Gasteiger partial charge < -0.3 is 10.1 Å². The first kappa shape index (κ1) is 25.3. The Kier molecular flexibility index (Phi) is 7.98. The van der Waals surface area contributed by atoms with Crippen LogP contribution < -0.4 is 10.1 Å². The van der Waals surface area contributed by atoms with Crippen LogP contribution in [0, 0.1) is 0 Å². The number of amides is 1. The Hall–Kier alpha value is -3.34. The topological polar surface area (TPSA) is 90.3 Å². The van der Waals surface area contributed by atoms with Crippen LogP contribution in [0.1, 0.15) is 24.8 Å². The van der Waals surface area contributed by atoms with E-state index in [2.05, 4.69) is 10.3 Å². The largest absolute Gasteiger partial charge is 0.489 e. The number of alkyl halides is 3. The van der Waals surface area contributed by atoms with Gasteiger partial charge in [0.15, 0.2) is 9.84 Å². The molecular formula is C23H24F3N3O4S. The third-order valence-electron chi connectivity index (χ3n) is 4.89. The number of imidazole rings is 1. The van der Waals surface area contributed by atoms with Gasteiger partial charge in [0.1, 0.15) is 18.7 Å². The number of nitrogens with zero attached hydrogens (tertiary/aromatic N) is 2. The van der Waals surface area contributed by atoms with Crippen LogP contribution in [0.5, 0.6) is 5.75 Å². The number of hydrogen-bond donors (Lipinski definition) is 1. The van der Waals surface area contributed by atoms with Crippen molar-refractivity contribution in [3.8, 4) is 17.0 Å². The third kappa shape index (κ3) is 7.62. The first-order chi connectivity index (χ1) is 16.0. The molecule has 11 heteroatoms. The minimum Gasteiger partial charge on any atom is -0.489 e. The number of halogens is 3. The van der Waals surface area contributed by atoms with Crippen LogP contribution in [0.15, 0.2) is 66.0 Å². The molecule has 182 valence electrons. The lowest BCUT2D eigenvalue weighted by Crippen LogP contribution is -2.28. The Morgan fingerprint density at radius 3 is 2.35 bits per heavy atom. The molecule has 1 heterocycles. The average molecular weight is 496 g/mol. The number of hydrogen-bond acceptors (Lipinski definition) is 5. The summed E-state index contributed by atoms with van der Waals surface area (Å²) in [5.74, 6) is 0.604. The van der Waals surface area contributed by atoms with Gasteiger partial charge in [-0.25, -0.2) is 18.2 Å². The molecule has 1 N–H and O–H groups in total. The first-order valence-corrected chi connectivity index (χ1v) is 12.3. The normalized spacial score (nSPS) is 11.9. The van der Waals surface area contributed by atoms with E-state index in [0.717, 1.165) is 17.4 Å². The molecule has 0 bridgehead atoms. The summed E-state index contributed by atoms with van der Waals surface area (Å²) in [6, 6.07) is 13.1. The predicted octanol–water partition coefficient (Wildman–Crippen LogP) is 4.82. The van der Waals surface area contributed by atoms with Crippen LogP contribution in [-0.2, 0) is 16.4 Å². The lowest BCUT2D eigenvalue weighted by Gasteiger charge is -2.08. The number of benzene rings is 2. The molecule has 3 aromatic rings. The highest BCUT2D eigenvalue weighted by Gasteiger charge is 2.25. The zero-order chi connectivity index (χ0) is 24.8. The number of unbranched alkanes of at least 4 members (excludes halogenated alkanes) is 1. The SMILES string of the molecule is CS(=O)(=O)c1ccc(COc2ccc(-c3cn(C(=O)NCCCCC(F)(F)F)cn3)cc2)cc1. The molecule has 0 atom stereocenters. The summed E-state index contributed by atoms with van der Waals surface area (Å²) in [4.78, 5) is 16.6. The zero-order valence-electron chi connectivity index (χ0n) is 18.4. The monoisotopic (exact) mass is 495 g/mol. The van der Waals surface area contributed by atoms with Gasteiger partial charge in [-0.2, -0.15) is 13.2 Å². The van der Waals surface area contributed by atoms with Crippen molar-refractivity contribution in [2.45, 2.75) is 36.9 Å². The van der Waals surface area contributed by atoms with E-state index in [1.165, 1.54) is 29.2 Å². The van der Waals surface area contributed by atoms with Gasteiger partial charge in [-0.05, 0) is 54.8 Å². The summed E-state index contributed by atoms with van der Waals surface area (Å²) in [6.07, 6.45) is -0.841. The third-order valence-corrected chi connectivity index (χ3v) is 6.02. The van der Waals surface area contributed by atoms with Crippen LogP contribution >= 0.6 is 0 Å². The molecule has 0 unspecified atom stereocenters. The smallest absolute Gasteiger partial charge is 0.389 e. The Morgan fingerprint density at radius 2 is 1.74 bits per heavy atom. The number of nitrogens with one attached hydrogen (secondary N) is 1. The fourth-order valence-corrected chi connectivity index (χ4v) is 3.67. The van der Waals surface area contributed by atoms with Crippen molar-refractivity contribution in [2.75, 3.05) is 12.8 Å². The fraction of sp³-hybridized carbons (Fsp3) is 0.304. The Bertz CT molecular complexity index is 1210. The molecule has 0 aliphatic carbocycles. The van der Waals surface area contributed by atoms with Crippen LogP contribution in [0.3, 0.4) is 0 Å². The number of aromatic nitrogens is 2. The van der Waals surface area contributed by atoms with Gasteiger partial charge in [0.25, 0.3) is 0 Å². The lowest BCUT2D eigenvalue weighted by molar-refractivity contribution is -0.135. The van der Waals surface area contributed by atoms with E-state index in [1.807, 2.05) is 0 Å². The fourth-order valence-electron chi connectivity index (χ4n) is 3.04. The number of carbonyl (C=O) groups excluding carboxylic acids is 1. The van der Waals surface area contributed by atoms with Crippen molar-refractivity contribution in [1.82, 2.24) is 14.9 Å². The Morgan fingerprint density at radius 1 is 1.06 bits per heavy atom. The quantitative estimate of drug-likeness (QED) is 0.430. The standard InChI is InChI=1S/C23H24F3N3O4S/c1-34(31,32)20-10-4-17(5-11-20)15-33-19-8-6-18(7-9-19)21-14-29(16-28-21)22(30)27-13-3-2-12-23(24,25)26/h4-11,14,16H,2-3,12-13,15H2,1H3,(H,27,30). The van der Waals surface area contributed by atoms with Crippen LogP contribution in [0.25, 0.3) is 11.3 Å². The maximum absolute atomic E-state index is 12.1. The van der Waals surface area contributed by atoms with Crippen molar-refractivity contribution in [1.29, 1.82) is 0 Å². The Balaban J connectivity index is 1.49. The molecule has 1 aromatic heterocycles. The highest BCUT2D eigenvalue weighted by Crippen LogP contribution is 2.23. The molecule has 0 radical (unpaired) electrons. The van der Waals surface area contributed by atoms with Crippen LogP contribution in [0.2, 0.25) is 0 Å². The van der Waals surface area contributed by atoms with Crippen molar-refractivity contribution in [3.05, 3.63) is 66.6 Å². The summed E-state index contributed by atoms with van der Waals surface area (Å²) in [5, 5.41) is 2.57. The maximum atomic E-state index is 12.1. The second-order valence-electron chi connectivity index (χ2n) is 7.70. The van der Waals surface area contributed by atoms with E-state index in [-0.39, 0.29) is 30.9 Å². The van der Waals surface area contributed by atoms with Gasteiger partial charge in [0, 0.05) is 31.0 Å². The van der Waals surface area contributed by atoms with Gasteiger partial charge in [0.05, 0.1) is 10.6 Å². The predicted molar refractivity (Wildman–Crippen MR) is 120 cm³/mol. The second kappa shape index (κ2) is 10.7. The van der Waals surface area contributed by atoms with E-state index in [4.69, 9.17) is 4.74 Å². The summed E-state index contributed by atoms with van der Waals surface area (Å²) in [5.41, 5.74) is 2.12. The molecule has 3 rings (SSSR count). The molecule has 2 aromatic carbocycles. The molecule has 34 heavy (non-hydrogen) atoms. The van der Waals surface area contributed by atoms with Gasteiger partial charge in [0.2, 0.25) is 0 Å². The van der Waals surface area contributed by atoms with E-state index >= 15 is 0 Å². The highest BCUT2D eigenvalue weighted by molar-refractivity contribution is 7.90. The minimum absolute atomic E-state index is 0.0423. The molecule has 0 aliphatic heterocycles. The average Bonchev–Trinajstić information content (AvgIpc) is 3.27. The van der Waals surface area contributed by atoms with E-state index in [0.29, 0.717) is 11.4 Å². The van der Waals surface area contributed by atoms with Gasteiger partial charge in [-0.15, -0.1) is 0 Å². The number of carbonyl (C=O) groups is 1. The molecule has 7 nitrogen and oxygen atoms in total. The van der Waals surface area contributed by atoms with Crippen molar-refractivity contribution < 1.29 is 31.1 Å². The van der Waals surface area contributed by atoms with Crippen molar-refractivity contribution >= 4 is 15.9 Å². The van der Waals surface area contributed by atoms with E-state index in [1.54, 1.807) is 36.4 Å². The Labute approximate surface area is 195 Å². The van der Waals surface area contributed by atoms with Crippen molar-refractivity contribution in [3.63, 3.8) is 0 Å². The molecule has 0 saturated carbocycles. The molecular weight excluding hydrogens is 471 g/mol. The van der Waals surface area contributed by atoms with E-state index in [9.17, 15) is 26.4 Å². The summed E-state index contributed by atoms with van der Waals surface area (Å²) < 4.78 is 66.4. The van der Waals surface area contributed by atoms with Gasteiger partial charge in [-0.1, -0.05) is 12.1 Å². The highest BCUT2D eigenvalue weighted by atomic mass is 32.2. The summed E-state index contributed by atoms with van der Waals surface area (Å²) in [6.45, 7) is 0.409. The number of rotatable bonds is 9. The van der Waals surface area contributed by atoms with Gasteiger partial charge in [-0.3, -0.25) is 4.57 Å². The summed E-state index contributed by atoms with van der Waals surface area (Å²) in [7, 11) is -3.24.